The number of carbonyl (C=O) groups excluding carboxylic acids is 1. The van der Waals surface area contributed by atoms with Gasteiger partial charge >= 0.3 is 5.97 Å². The number of aromatic nitrogens is 1. The molecule has 0 radical (unpaired) electrons. The Kier molecular flexibility index (Phi) is 7.89. The van der Waals surface area contributed by atoms with Crippen LogP contribution in [0.1, 0.15) is 16.1 Å². The fourth-order valence-corrected chi connectivity index (χ4v) is 4.54. The first-order chi connectivity index (χ1) is 14.8. The summed E-state index contributed by atoms with van der Waals surface area (Å²) in [5.41, 5.74) is 2.35. The minimum atomic E-state index is -0.595. The SMILES string of the molecule is CO/C=C(\C(=O)OC)c1ccccc1/C=C(/F)c1nc(-c2ccc(Cl)c(Cl)c2)c(Br)s1. The van der Waals surface area contributed by atoms with Crippen LogP contribution in [-0.2, 0) is 14.3 Å². The average Bonchev–Trinajstić information content (AvgIpc) is 3.16. The Bertz CT molecular complexity index is 1190. The summed E-state index contributed by atoms with van der Waals surface area (Å²) in [4.78, 5) is 16.5. The number of hydrogen-bond donors (Lipinski definition) is 0. The molecule has 0 fully saturated rings. The molecule has 0 saturated heterocycles. The maximum Gasteiger partial charge on any atom is 0.341 e. The summed E-state index contributed by atoms with van der Waals surface area (Å²) in [5.74, 6) is -1.16. The van der Waals surface area contributed by atoms with Crippen molar-refractivity contribution in [1.29, 1.82) is 0 Å². The molecule has 160 valence electrons. The number of nitrogens with zero attached hydrogens (tertiary/aromatic N) is 1. The molecule has 0 N–H and O–H groups in total. The predicted octanol–water partition coefficient (Wildman–Crippen LogP) is 7.51. The molecule has 0 aliphatic heterocycles. The maximum atomic E-state index is 15.2. The van der Waals surface area contributed by atoms with Crippen LogP contribution in [-0.4, -0.2) is 25.2 Å². The largest absolute Gasteiger partial charge is 0.503 e. The van der Waals surface area contributed by atoms with Crippen molar-refractivity contribution < 1.29 is 18.7 Å². The highest BCUT2D eigenvalue weighted by atomic mass is 79.9. The Labute approximate surface area is 201 Å². The fourth-order valence-electron chi connectivity index (χ4n) is 2.74. The van der Waals surface area contributed by atoms with E-state index in [2.05, 4.69) is 20.9 Å². The van der Waals surface area contributed by atoms with E-state index in [0.29, 0.717) is 36.2 Å². The smallest absolute Gasteiger partial charge is 0.341 e. The van der Waals surface area contributed by atoms with Gasteiger partial charge in [0.2, 0.25) is 0 Å². The van der Waals surface area contributed by atoms with Crippen LogP contribution in [0.4, 0.5) is 4.39 Å². The van der Waals surface area contributed by atoms with Gasteiger partial charge in [0.1, 0.15) is 5.57 Å². The third-order valence-corrected chi connectivity index (χ3v) is 6.61. The quantitative estimate of drug-likeness (QED) is 0.184. The molecule has 2 aromatic carbocycles. The van der Waals surface area contributed by atoms with Crippen molar-refractivity contribution in [3.63, 3.8) is 0 Å². The second kappa shape index (κ2) is 10.4. The predicted molar refractivity (Wildman–Crippen MR) is 128 cm³/mol. The first-order valence-electron chi connectivity index (χ1n) is 8.75. The molecule has 0 amide bonds. The van der Waals surface area contributed by atoms with Crippen molar-refractivity contribution in [3.05, 3.63) is 78.7 Å². The molecule has 0 bridgehead atoms. The second-order valence-electron chi connectivity index (χ2n) is 6.11. The van der Waals surface area contributed by atoms with Crippen molar-refractivity contribution in [3.8, 4) is 11.3 Å². The summed E-state index contributed by atoms with van der Waals surface area (Å²) < 4.78 is 25.6. The minimum absolute atomic E-state index is 0.165. The lowest BCUT2D eigenvalue weighted by atomic mass is 10.00. The molecule has 9 heteroatoms. The van der Waals surface area contributed by atoms with Crippen molar-refractivity contribution in [2.24, 2.45) is 0 Å². The maximum absolute atomic E-state index is 15.2. The molecule has 4 nitrogen and oxygen atoms in total. The number of benzene rings is 2. The summed E-state index contributed by atoms with van der Waals surface area (Å²) in [5, 5.41) is 0.967. The molecule has 0 spiro atoms. The molecule has 1 aromatic heterocycles. The summed E-state index contributed by atoms with van der Waals surface area (Å²) in [7, 11) is 2.68. The minimum Gasteiger partial charge on any atom is -0.503 e. The van der Waals surface area contributed by atoms with E-state index in [0.717, 1.165) is 11.3 Å². The van der Waals surface area contributed by atoms with Crippen LogP contribution in [0.15, 0.2) is 52.5 Å². The van der Waals surface area contributed by atoms with Gasteiger partial charge < -0.3 is 9.47 Å². The Morgan fingerprint density at radius 1 is 1.16 bits per heavy atom. The topological polar surface area (TPSA) is 48.4 Å². The Morgan fingerprint density at radius 3 is 2.58 bits per heavy atom. The van der Waals surface area contributed by atoms with Gasteiger partial charge in [0.15, 0.2) is 10.8 Å². The number of ether oxygens (including phenoxy) is 2. The molecular weight excluding hydrogens is 528 g/mol. The van der Waals surface area contributed by atoms with Crippen LogP contribution in [0.2, 0.25) is 10.0 Å². The van der Waals surface area contributed by atoms with Crippen molar-refractivity contribution >= 4 is 73.9 Å². The molecule has 3 rings (SSSR count). The van der Waals surface area contributed by atoms with Gasteiger partial charge in [-0.2, -0.15) is 0 Å². The molecular formula is C22H15BrCl2FNO3S. The number of methoxy groups -OCH3 is 2. The van der Waals surface area contributed by atoms with Gasteiger partial charge in [-0.15, -0.1) is 11.3 Å². The first kappa shape index (κ1) is 23.5. The van der Waals surface area contributed by atoms with Gasteiger partial charge in [0.05, 0.1) is 40.0 Å². The highest BCUT2D eigenvalue weighted by Crippen LogP contribution is 2.38. The van der Waals surface area contributed by atoms with Crippen molar-refractivity contribution in [2.45, 2.75) is 0 Å². The van der Waals surface area contributed by atoms with Crippen LogP contribution in [0.5, 0.6) is 0 Å². The van der Waals surface area contributed by atoms with Crippen LogP contribution in [0, 0.1) is 0 Å². The lowest BCUT2D eigenvalue weighted by Gasteiger charge is -2.09. The number of thiazole rings is 1. The van der Waals surface area contributed by atoms with Gasteiger partial charge in [0.25, 0.3) is 0 Å². The van der Waals surface area contributed by atoms with E-state index < -0.39 is 11.8 Å². The molecule has 31 heavy (non-hydrogen) atoms. The Hall–Kier alpha value is -2.19. The second-order valence-corrected chi connectivity index (χ2v) is 9.24. The number of halogens is 4. The number of hydrogen-bond acceptors (Lipinski definition) is 5. The van der Waals surface area contributed by atoms with E-state index in [1.807, 2.05) is 0 Å². The third-order valence-electron chi connectivity index (χ3n) is 4.16. The molecule has 0 atom stereocenters. The molecule has 1 heterocycles. The van der Waals surface area contributed by atoms with Gasteiger partial charge in [-0.05, 0) is 45.3 Å². The lowest BCUT2D eigenvalue weighted by molar-refractivity contribution is -0.133. The Balaban J connectivity index is 2.02. The van der Waals surface area contributed by atoms with Gasteiger partial charge in [0, 0.05) is 5.56 Å². The number of rotatable bonds is 6. The third kappa shape index (κ3) is 5.36. The average molecular weight is 543 g/mol. The van der Waals surface area contributed by atoms with Crippen LogP contribution < -0.4 is 0 Å². The van der Waals surface area contributed by atoms with Crippen LogP contribution in [0.3, 0.4) is 0 Å². The summed E-state index contributed by atoms with van der Waals surface area (Å²) in [6.07, 6.45) is 2.57. The number of carbonyl (C=O) groups is 1. The zero-order valence-electron chi connectivity index (χ0n) is 16.3. The van der Waals surface area contributed by atoms with E-state index in [1.54, 1.807) is 42.5 Å². The molecule has 3 aromatic rings. The van der Waals surface area contributed by atoms with E-state index in [1.165, 1.54) is 26.6 Å². The molecule has 0 saturated carbocycles. The summed E-state index contributed by atoms with van der Waals surface area (Å²) in [6, 6.07) is 11.9. The highest BCUT2D eigenvalue weighted by Gasteiger charge is 2.18. The van der Waals surface area contributed by atoms with Gasteiger partial charge in [-0.25, -0.2) is 14.2 Å². The van der Waals surface area contributed by atoms with Crippen molar-refractivity contribution in [2.75, 3.05) is 14.2 Å². The Morgan fingerprint density at radius 2 is 1.90 bits per heavy atom. The van der Waals surface area contributed by atoms with Gasteiger partial charge in [-0.1, -0.05) is 53.5 Å². The van der Waals surface area contributed by atoms with Gasteiger partial charge in [-0.3, -0.25) is 0 Å². The van der Waals surface area contributed by atoms with E-state index >= 15 is 4.39 Å². The molecule has 0 aliphatic rings. The monoisotopic (exact) mass is 541 g/mol. The lowest BCUT2D eigenvalue weighted by Crippen LogP contribution is -2.05. The van der Waals surface area contributed by atoms with Crippen LogP contribution in [0.25, 0.3) is 28.7 Å². The van der Waals surface area contributed by atoms with E-state index in [4.69, 9.17) is 32.7 Å². The zero-order valence-corrected chi connectivity index (χ0v) is 20.2. The highest BCUT2D eigenvalue weighted by molar-refractivity contribution is 9.11. The zero-order chi connectivity index (χ0) is 22.5. The summed E-state index contributed by atoms with van der Waals surface area (Å²) in [6.45, 7) is 0. The van der Waals surface area contributed by atoms with E-state index in [9.17, 15) is 4.79 Å². The van der Waals surface area contributed by atoms with Crippen molar-refractivity contribution in [1.82, 2.24) is 4.98 Å². The standard InChI is InChI=1S/C22H15BrCl2FNO3S/c1-29-11-15(22(28)30-2)14-6-4-3-5-12(14)10-18(26)21-27-19(20(23)31-21)13-7-8-16(24)17(25)9-13/h3-11H,1-2H3/b15-11-,18-10+. The van der Waals surface area contributed by atoms with E-state index in [-0.39, 0.29) is 10.6 Å². The first-order valence-corrected chi connectivity index (χ1v) is 11.1. The molecule has 0 aliphatic carbocycles. The molecule has 0 unspecified atom stereocenters. The summed E-state index contributed by atoms with van der Waals surface area (Å²) >= 11 is 16.6. The number of esters is 1. The normalized spacial score (nSPS) is 12.1. The fraction of sp³-hybridized carbons (Fsp3) is 0.0909. The van der Waals surface area contributed by atoms with Crippen LogP contribution >= 0.6 is 50.5 Å².